The predicted molar refractivity (Wildman–Crippen MR) is 108 cm³/mol. The van der Waals surface area contributed by atoms with E-state index in [2.05, 4.69) is 0 Å². The van der Waals surface area contributed by atoms with Gasteiger partial charge in [-0.25, -0.2) is 0 Å². The van der Waals surface area contributed by atoms with Crippen LogP contribution >= 0.6 is 24.0 Å². The average molecular weight is 402 g/mol. The van der Waals surface area contributed by atoms with E-state index < -0.39 is 5.41 Å². The number of nitrogens with two attached hydrogens (primary N) is 1. The molecule has 1 aromatic carbocycles. The lowest BCUT2D eigenvalue weighted by Crippen LogP contribution is -2.55. The fourth-order valence-corrected chi connectivity index (χ4v) is 3.44. The number of halogens is 2. The van der Waals surface area contributed by atoms with E-state index in [0.29, 0.717) is 44.2 Å². The highest BCUT2D eigenvalue weighted by molar-refractivity contribution is 6.30. The van der Waals surface area contributed by atoms with E-state index in [4.69, 9.17) is 17.3 Å². The van der Waals surface area contributed by atoms with Crippen molar-refractivity contribution in [1.29, 1.82) is 0 Å². The Morgan fingerprint density at radius 2 is 1.54 bits per heavy atom. The molecule has 7 heteroatoms. The second kappa shape index (κ2) is 10.1. The van der Waals surface area contributed by atoms with Gasteiger partial charge < -0.3 is 15.5 Å². The molecule has 1 fully saturated rings. The molecular weight excluding hydrogens is 373 g/mol. The van der Waals surface area contributed by atoms with Gasteiger partial charge in [-0.2, -0.15) is 0 Å². The molecular formula is C19H29Cl2N3O2. The lowest BCUT2D eigenvalue weighted by Gasteiger charge is -2.40. The highest BCUT2D eigenvalue weighted by Crippen LogP contribution is 2.28. The van der Waals surface area contributed by atoms with Crippen LogP contribution in [0.3, 0.4) is 0 Å². The summed E-state index contributed by atoms with van der Waals surface area (Å²) in [5, 5.41) is 0.665. The Labute approximate surface area is 167 Å². The van der Waals surface area contributed by atoms with Crippen molar-refractivity contribution in [3.63, 3.8) is 0 Å². The normalized spacial score (nSPS) is 14.8. The molecule has 0 aliphatic carbocycles. The lowest BCUT2D eigenvalue weighted by atomic mass is 9.81. The van der Waals surface area contributed by atoms with Gasteiger partial charge in [-0.05, 0) is 30.5 Å². The monoisotopic (exact) mass is 401 g/mol. The minimum atomic E-state index is -0.463. The van der Waals surface area contributed by atoms with E-state index in [1.807, 2.05) is 35.8 Å². The molecule has 0 saturated carbocycles. The second-order valence-corrected chi connectivity index (χ2v) is 7.10. The minimum absolute atomic E-state index is 0. The van der Waals surface area contributed by atoms with Crippen LogP contribution in [0.4, 0.5) is 0 Å². The molecule has 2 N–H and O–H groups in total. The summed E-state index contributed by atoms with van der Waals surface area (Å²) in [5.74, 6) is 0.218. The molecule has 1 aliphatic heterocycles. The zero-order chi connectivity index (χ0) is 18.4. The van der Waals surface area contributed by atoms with Crippen molar-refractivity contribution in [3.8, 4) is 0 Å². The Kier molecular flexibility index (Phi) is 8.87. The molecule has 0 radical (unpaired) electrons. The van der Waals surface area contributed by atoms with Crippen LogP contribution < -0.4 is 5.73 Å². The zero-order valence-corrected chi connectivity index (χ0v) is 17.1. The second-order valence-electron chi connectivity index (χ2n) is 6.67. The maximum atomic E-state index is 12.8. The van der Waals surface area contributed by atoms with Crippen LogP contribution in [0, 0.1) is 5.41 Å². The molecule has 0 aromatic heterocycles. The van der Waals surface area contributed by atoms with E-state index in [9.17, 15) is 9.59 Å². The van der Waals surface area contributed by atoms with Crippen LogP contribution in [-0.4, -0.2) is 54.3 Å². The molecule has 1 saturated heterocycles. The first-order valence-electron chi connectivity index (χ1n) is 8.97. The van der Waals surface area contributed by atoms with Gasteiger partial charge >= 0.3 is 0 Å². The first-order chi connectivity index (χ1) is 12.0. The molecule has 1 aliphatic rings. The number of benzene rings is 1. The number of hydrogen-bond donors (Lipinski definition) is 1. The summed E-state index contributed by atoms with van der Waals surface area (Å²) in [6.45, 7) is 6.70. The van der Waals surface area contributed by atoms with Gasteiger partial charge in [0, 0.05) is 37.7 Å². The van der Waals surface area contributed by atoms with Crippen LogP contribution in [0.2, 0.25) is 5.02 Å². The van der Waals surface area contributed by atoms with Gasteiger partial charge in [-0.15, -0.1) is 12.4 Å². The Balaban J connectivity index is 0.00000338. The van der Waals surface area contributed by atoms with Crippen molar-refractivity contribution in [3.05, 3.63) is 34.9 Å². The molecule has 2 rings (SSSR count). The molecule has 1 heterocycles. The third kappa shape index (κ3) is 5.12. The maximum Gasteiger partial charge on any atom is 0.230 e. The first-order valence-corrected chi connectivity index (χ1v) is 9.35. The predicted octanol–water partition coefficient (Wildman–Crippen LogP) is 2.74. The van der Waals surface area contributed by atoms with E-state index in [-0.39, 0.29) is 24.2 Å². The zero-order valence-electron chi connectivity index (χ0n) is 15.5. The summed E-state index contributed by atoms with van der Waals surface area (Å²) < 4.78 is 0. The summed E-state index contributed by atoms with van der Waals surface area (Å²) in [6, 6.07) is 7.33. The topological polar surface area (TPSA) is 66.6 Å². The highest BCUT2D eigenvalue weighted by Gasteiger charge is 2.38. The number of nitrogens with zero attached hydrogens (tertiary/aromatic N) is 2. The molecule has 2 amide bonds. The van der Waals surface area contributed by atoms with Gasteiger partial charge in [0.2, 0.25) is 11.8 Å². The number of carbonyl (C=O) groups is 2. The number of amides is 2. The van der Waals surface area contributed by atoms with Gasteiger partial charge in [0.1, 0.15) is 0 Å². The van der Waals surface area contributed by atoms with Gasteiger partial charge in [-0.1, -0.05) is 37.6 Å². The van der Waals surface area contributed by atoms with Crippen molar-refractivity contribution >= 4 is 35.8 Å². The summed E-state index contributed by atoms with van der Waals surface area (Å²) in [4.78, 5) is 29.0. The fourth-order valence-electron chi connectivity index (χ4n) is 3.31. The quantitative estimate of drug-likeness (QED) is 0.796. The van der Waals surface area contributed by atoms with Crippen LogP contribution in [0.15, 0.2) is 24.3 Å². The Bertz CT molecular complexity index is 587. The Hall–Kier alpha value is -1.30. The van der Waals surface area contributed by atoms with Crippen LogP contribution in [0.25, 0.3) is 0 Å². The van der Waals surface area contributed by atoms with Crippen molar-refractivity contribution < 1.29 is 9.59 Å². The van der Waals surface area contributed by atoms with Crippen molar-refractivity contribution in [2.24, 2.45) is 11.1 Å². The number of piperazine rings is 1. The Morgan fingerprint density at radius 1 is 1.04 bits per heavy atom. The third-order valence-electron chi connectivity index (χ3n) is 5.39. The average Bonchev–Trinajstić information content (AvgIpc) is 2.65. The van der Waals surface area contributed by atoms with Crippen LogP contribution in [0.1, 0.15) is 32.3 Å². The van der Waals surface area contributed by atoms with E-state index in [1.165, 1.54) is 0 Å². The Morgan fingerprint density at radius 3 is 2.00 bits per heavy atom. The smallest absolute Gasteiger partial charge is 0.230 e. The number of carbonyl (C=O) groups excluding carboxylic acids is 2. The lowest BCUT2D eigenvalue weighted by molar-refractivity contribution is -0.147. The summed E-state index contributed by atoms with van der Waals surface area (Å²) >= 11 is 5.87. The van der Waals surface area contributed by atoms with Crippen molar-refractivity contribution in [1.82, 2.24) is 9.80 Å². The van der Waals surface area contributed by atoms with Gasteiger partial charge in [0.05, 0.1) is 11.8 Å². The van der Waals surface area contributed by atoms with E-state index in [0.717, 1.165) is 18.4 Å². The molecule has 5 nitrogen and oxygen atoms in total. The molecule has 146 valence electrons. The summed E-state index contributed by atoms with van der Waals surface area (Å²) in [5.41, 5.74) is 6.38. The minimum Gasteiger partial charge on any atom is -0.339 e. The molecule has 0 bridgehead atoms. The number of rotatable bonds is 6. The van der Waals surface area contributed by atoms with Crippen molar-refractivity contribution in [2.75, 3.05) is 32.7 Å². The SMILES string of the molecule is CCC(CC)(CN)C(=O)N1CCN(C(=O)Cc2ccc(Cl)cc2)CC1.Cl. The molecule has 26 heavy (non-hydrogen) atoms. The first kappa shape index (κ1) is 22.7. The van der Waals surface area contributed by atoms with E-state index in [1.54, 1.807) is 12.1 Å². The van der Waals surface area contributed by atoms with Crippen molar-refractivity contribution in [2.45, 2.75) is 33.1 Å². The molecule has 0 atom stereocenters. The largest absolute Gasteiger partial charge is 0.339 e. The summed E-state index contributed by atoms with van der Waals surface area (Å²) in [6.07, 6.45) is 1.85. The van der Waals surface area contributed by atoms with Gasteiger partial charge in [0.25, 0.3) is 0 Å². The summed E-state index contributed by atoms with van der Waals surface area (Å²) in [7, 11) is 0. The van der Waals surface area contributed by atoms with Gasteiger partial charge in [0.15, 0.2) is 0 Å². The molecule has 0 spiro atoms. The third-order valence-corrected chi connectivity index (χ3v) is 5.64. The molecule has 1 aromatic rings. The van der Waals surface area contributed by atoms with Crippen LogP contribution in [0.5, 0.6) is 0 Å². The molecule has 0 unspecified atom stereocenters. The fraction of sp³-hybridized carbons (Fsp3) is 0.579. The van der Waals surface area contributed by atoms with E-state index >= 15 is 0 Å². The highest BCUT2D eigenvalue weighted by atomic mass is 35.5. The van der Waals surface area contributed by atoms with Crippen LogP contribution in [-0.2, 0) is 16.0 Å². The standard InChI is InChI=1S/C19H28ClN3O2.ClH/c1-3-19(4-2,14-21)18(25)23-11-9-22(10-12-23)17(24)13-15-5-7-16(20)8-6-15;/h5-8H,3-4,9-14,21H2,1-2H3;1H. The maximum absolute atomic E-state index is 12.8. The van der Waals surface area contributed by atoms with Gasteiger partial charge in [-0.3, -0.25) is 9.59 Å². The number of hydrogen-bond acceptors (Lipinski definition) is 3.